The van der Waals surface area contributed by atoms with Gasteiger partial charge in [-0.15, -0.1) is 11.3 Å². The van der Waals surface area contributed by atoms with Gasteiger partial charge in [0.25, 0.3) is 0 Å². The molecule has 1 aliphatic rings. The van der Waals surface area contributed by atoms with Gasteiger partial charge in [0.15, 0.2) is 5.76 Å². The lowest BCUT2D eigenvalue weighted by Gasteiger charge is -2.14. The summed E-state index contributed by atoms with van der Waals surface area (Å²) in [6.07, 6.45) is 4.29. The molecule has 2 heterocycles. The molecule has 0 saturated heterocycles. The molecule has 4 nitrogen and oxygen atoms in total. The van der Waals surface area contributed by atoms with Crippen molar-refractivity contribution in [3.63, 3.8) is 0 Å². The molecule has 0 bridgehead atoms. The minimum Gasteiger partial charge on any atom is -0.439 e. The van der Waals surface area contributed by atoms with Gasteiger partial charge in [-0.25, -0.2) is 9.97 Å². The topological polar surface area (TPSA) is 51.0 Å². The highest BCUT2D eigenvalue weighted by molar-refractivity contribution is 7.09. The molecule has 3 aromatic rings. The molecule has 4 rings (SSSR count). The molecule has 1 fully saturated rings. The fraction of sp³-hybridized carbons (Fsp3) is 0.333. The number of nitrogens with one attached hydrogen (secondary N) is 1. The van der Waals surface area contributed by atoms with Gasteiger partial charge in [-0.3, -0.25) is 5.32 Å². The monoisotopic (exact) mass is 359 g/mol. The van der Waals surface area contributed by atoms with E-state index in [0.717, 1.165) is 17.0 Å². The van der Waals surface area contributed by atoms with Gasteiger partial charge in [-0.05, 0) is 49.9 Å². The lowest BCUT2D eigenvalue weighted by molar-refractivity contribution is 0.419. The highest BCUT2D eigenvalue weighted by Crippen LogP contribution is 2.42. The number of rotatable bonds is 6. The Morgan fingerprint density at radius 1 is 1.33 bits per heavy atom. The van der Waals surface area contributed by atoms with Crippen molar-refractivity contribution in [2.24, 2.45) is 5.92 Å². The summed E-state index contributed by atoms with van der Waals surface area (Å²) >= 11 is 7.65. The number of hydrogen-bond donors (Lipinski definition) is 1. The molecule has 2 aromatic heterocycles. The fourth-order valence-corrected chi connectivity index (χ4v) is 3.83. The van der Waals surface area contributed by atoms with Gasteiger partial charge >= 0.3 is 0 Å². The van der Waals surface area contributed by atoms with Crippen molar-refractivity contribution in [1.29, 1.82) is 0 Å². The predicted molar refractivity (Wildman–Crippen MR) is 96.1 cm³/mol. The first-order valence-corrected chi connectivity index (χ1v) is 9.31. The molecule has 1 unspecified atom stereocenters. The summed E-state index contributed by atoms with van der Waals surface area (Å²) in [4.78, 5) is 9.02. The number of nitrogens with zero attached hydrogens (tertiary/aromatic N) is 2. The second kappa shape index (κ2) is 6.67. The molecule has 1 aromatic carbocycles. The molecule has 0 aliphatic heterocycles. The number of aryl methyl sites for hydroxylation is 1. The summed E-state index contributed by atoms with van der Waals surface area (Å²) in [5.41, 5.74) is 2.07. The minimum absolute atomic E-state index is 0.301. The first-order chi connectivity index (χ1) is 11.7. The van der Waals surface area contributed by atoms with E-state index < -0.39 is 0 Å². The smallest absolute Gasteiger partial charge is 0.208 e. The number of hydrogen-bond acceptors (Lipinski definition) is 5. The van der Waals surface area contributed by atoms with E-state index in [1.165, 1.54) is 17.8 Å². The molecule has 1 saturated carbocycles. The van der Waals surface area contributed by atoms with E-state index in [0.29, 0.717) is 29.4 Å². The van der Waals surface area contributed by atoms with E-state index in [1.54, 1.807) is 17.5 Å². The summed E-state index contributed by atoms with van der Waals surface area (Å²) in [6.45, 7) is 2.64. The third-order valence-corrected chi connectivity index (χ3v) is 5.45. The quantitative estimate of drug-likeness (QED) is 0.672. The first kappa shape index (κ1) is 15.8. The van der Waals surface area contributed by atoms with Crippen LogP contribution in [0.3, 0.4) is 0 Å². The van der Waals surface area contributed by atoms with Gasteiger partial charge in [-0.1, -0.05) is 11.6 Å². The van der Waals surface area contributed by atoms with Crippen LogP contribution < -0.4 is 5.32 Å². The number of aromatic nitrogens is 2. The summed E-state index contributed by atoms with van der Waals surface area (Å²) in [6, 6.07) is 7.88. The van der Waals surface area contributed by atoms with Crippen LogP contribution in [0.2, 0.25) is 5.02 Å². The van der Waals surface area contributed by atoms with E-state index in [1.807, 2.05) is 31.2 Å². The third kappa shape index (κ3) is 3.53. The molecule has 0 spiro atoms. The minimum atomic E-state index is 0.301. The summed E-state index contributed by atoms with van der Waals surface area (Å²) < 4.78 is 5.87. The van der Waals surface area contributed by atoms with Crippen LogP contribution in [0.1, 0.15) is 35.5 Å². The largest absolute Gasteiger partial charge is 0.439 e. The second-order valence-electron chi connectivity index (χ2n) is 6.15. The van der Waals surface area contributed by atoms with Gasteiger partial charge in [0.1, 0.15) is 5.01 Å². The van der Waals surface area contributed by atoms with Crippen molar-refractivity contribution in [3.8, 4) is 11.3 Å². The highest BCUT2D eigenvalue weighted by Gasteiger charge is 2.34. The molecule has 0 radical (unpaired) electrons. The fourth-order valence-electron chi connectivity index (χ4n) is 2.74. The van der Waals surface area contributed by atoms with E-state index in [2.05, 4.69) is 20.7 Å². The standard InChI is InChI=1S/C18H18ClN3OS/c1-11-10-24-18(22-11)17(13-2-3-13)21-9-16-20-8-15(23-16)12-4-6-14(19)7-5-12/h4-8,10,13,17,21H,2-3,9H2,1H3. The van der Waals surface area contributed by atoms with Gasteiger partial charge in [0, 0.05) is 21.7 Å². The van der Waals surface area contributed by atoms with E-state index in [4.69, 9.17) is 16.0 Å². The number of oxazole rings is 1. The number of halogens is 1. The average Bonchev–Trinajstić information content (AvgIpc) is 3.14. The molecule has 0 amide bonds. The molecule has 6 heteroatoms. The second-order valence-corrected chi connectivity index (χ2v) is 7.47. The van der Waals surface area contributed by atoms with Crippen molar-refractivity contribution >= 4 is 22.9 Å². The van der Waals surface area contributed by atoms with Crippen LogP contribution in [-0.2, 0) is 6.54 Å². The van der Waals surface area contributed by atoms with Gasteiger partial charge in [0.05, 0.1) is 18.8 Å². The van der Waals surface area contributed by atoms with Crippen LogP contribution in [-0.4, -0.2) is 9.97 Å². The zero-order chi connectivity index (χ0) is 16.5. The molecule has 1 atom stereocenters. The third-order valence-electron chi connectivity index (χ3n) is 4.15. The van der Waals surface area contributed by atoms with Gasteiger partial charge in [0.2, 0.25) is 5.89 Å². The average molecular weight is 360 g/mol. The lowest BCUT2D eigenvalue weighted by Crippen LogP contribution is -2.22. The normalized spacial score (nSPS) is 15.6. The Hall–Kier alpha value is -1.69. The number of thiazole rings is 1. The van der Waals surface area contributed by atoms with Crippen LogP contribution in [0.15, 0.2) is 40.3 Å². The van der Waals surface area contributed by atoms with Crippen LogP contribution in [0.5, 0.6) is 0 Å². The molecular formula is C18H18ClN3OS. The molecule has 1 N–H and O–H groups in total. The number of benzene rings is 1. The maximum Gasteiger partial charge on any atom is 0.208 e. The van der Waals surface area contributed by atoms with Crippen molar-refractivity contribution < 1.29 is 4.42 Å². The Labute approximate surface area is 149 Å². The maximum absolute atomic E-state index is 5.92. The maximum atomic E-state index is 5.92. The summed E-state index contributed by atoms with van der Waals surface area (Å²) in [5, 5.41) is 7.56. The lowest BCUT2D eigenvalue weighted by atomic mass is 10.2. The van der Waals surface area contributed by atoms with E-state index in [9.17, 15) is 0 Å². The molecule has 24 heavy (non-hydrogen) atoms. The molecule has 124 valence electrons. The molecule has 1 aliphatic carbocycles. The van der Waals surface area contributed by atoms with Crippen LogP contribution in [0, 0.1) is 12.8 Å². The Morgan fingerprint density at radius 3 is 2.79 bits per heavy atom. The van der Waals surface area contributed by atoms with E-state index in [-0.39, 0.29) is 0 Å². The SMILES string of the molecule is Cc1csc(C(NCc2ncc(-c3ccc(Cl)cc3)o2)C2CC2)n1. The summed E-state index contributed by atoms with van der Waals surface area (Å²) in [5.74, 6) is 2.14. The highest BCUT2D eigenvalue weighted by atomic mass is 35.5. The van der Waals surface area contributed by atoms with E-state index >= 15 is 0 Å². The van der Waals surface area contributed by atoms with Crippen molar-refractivity contribution in [1.82, 2.24) is 15.3 Å². The van der Waals surface area contributed by atoms with Crippen molar-refractivity contribution in [2.75, 3.05) is 0 Å². The Kier molecular flexibility index (Phi) is 4.39. The first-order valence-electron chi connectivity index (χ1n) is 8.05. The zero-order valence-electron chi connectivity index (χ0n) is 13.3. The predicted octanol–water partition coefficient (Wildman–Crippen LogP) is 5.00. The van der Waals surface area contributed by atoms with Gasteiger partial charge < -0.3 is 4.42 Å². The van der Waals surface area contributed by atoms with Crippen LogP contribution in [0.4, 0.5) is 0 Å². The Morgan fingerprint density at radius 2 is 2.12 bits per heavy atom. The van der Waals surface area contributed by atoms with Gasteiger partial charge in [-0.2, -0.15) is 0 Å². The van der Waals surface area contributed by atoms with Crippen molar-refractivity contribution in [2.45, 2.75) is 32.4 Å². The van der Waals surface area contributed by atoms with Crippen LogP contribution in [0.25, 0.3) is 11.3 Å². The molecular weight excluding hydrogens is 342 g/mol. The Bertz CT molecular complexity index is 823. The summed E-state index contributed by atoms with van der Waals surface area (Å²) in [7, 11) is 0. The Balaban J connectivity index is 1.44. The zero-order valence-corrected chi connectivity index (χ0v) is 14.9. The van der Waals surface area contributed by atoms with Crippen LogP contribution >= 0.6 is 22.9 Å². The van der Waals surface area contributed by atoms with Crippen molar-refractivity contribution in [3.05, 3.63) is 57.5 Å².